The maximum absolute atomic E-state index is 12.4. The summed E-state index contributed by atoms with van der Waals surface area (Å²) in [6.45, 7) is 7.91. The highest BCUT2D eigenvalue weighted by atomic mass is 16.2. The van der Waals surface area contributed by atoms with Gasteiger partial charge < -0.3 is 15.5 Å². The molecule has 5 heteroatoms. The Hall–Kier alpha value is -2.04. The third-order valence-corrected chi connectivity index (χ3v) is 5.77. The summed E-state index contributed by atoms with van der Waals surface area (Å²) in [5, 5.41) is 0. The van der Waals surface area contributed by atoms with Crippen LogP contribution in [0.25, 0.3) is 0 Å². The van der Waals surface area contributed by atoms with Gasteiger partial charge >= 0.3 is 0 Å². The lowest BCUT2D eigenvalue weighted by atomic mass is 10.0. The van der Waals surface area contributed by atoms with Crippen molar-refractivity contribution >= 4 is 17.5 Å². The fraction of sp³-hybridized carbons (Fsp3) is 0.600. The number of fused-ring (bicyclic) bond motifs is 1. The van der Waals surface area contributed by atoms with E-state index in [9.17, 15) is 9.59 Å². The number of hydrogen-bond donors (Lipinski definition) is 1. The number of rotatable bonds is 6. The number of primary amides is 1. The average molecular weight is 343 g/mol. The summed E-state index contributed by atoms with van der Waals surface area (Å²) in [4.78, 5) is 27.9. The summed E-state index contributed by atoms with van der Waals surface area (Å²) < 4.78 is 0. The molecule has 2 amide bonds. The highest BCUT2D eigenvalue weighted by Crippen LogP contribution is 2.35. The zero-order valence-corrected chi connectivity index (χ0v) is 15.3. The predicted octanol–water partition coefficient (Wildman–Crippen LogP) is 2.05. The first kappa shape index (κ1) is 17.8. The monoisotopic (exact) mass is 343 g/mol. The Balaban J connectivity index is 1.59. The van der Waals surface area contributed by atoms with Crippen molar-refractivity contribution in [3.8, 4) is 0 Å². The van der Waals surface area contributed by atoms with Crippen LogP contribution in [0.1, 0.15) is 32.3 Å². The predicted molar refractivity (Wildman–Crippen MR) is 99.2 cm³/mol. The maximum atomic E-state index is 12.4. The van der Waals surface area contributed by atoms with Crippen molar-refractivity contribution in [3.63, 3.8) is 0 Å². The SMILES string of the molecule is CCC(C)C(=O)N1CC2CN(c3cccc(CCC(N)=O)c3)CC2C1. The molecule has 2 fully saturated rings. The lowest BCUT2D eigenvalue weighted by Crippen LogP contribution is -2.36. The quantitative estimate of drug-likeness (QED) is 0.859. The van der Waals surface area contributed by atoms with Crippen LogP contribution in [-0.4, -0.2) is 42.9 Å². The fourth-order valence-corrected chi connectivity index (χ4v) is 4.05. The summed E-state index contributed by atoms with van der Waals surface area (Å²) in [6, 6.07) is 8.41. The molecule has 3 rings (SSSR count). The second-order valence-electron chi connectivity index (χ2n) is 7.61. The average Bonchev–Trinajstić information content (AvgIpc) is 3.18. The molecule has 2 aliphatic rings. The number of aryl methyl sites for hydroxylation is 1. The van der Waals surface area contributed by atoms with E-state index in [0.29, 0.717) is 30.6 Å². The van der Waals surface area contributed by atoms with E-state index in [1.807, 2.05) is 6.92 Å². The Bertz CT molecular complexity index is 632. The van der Waals surface area contributed by atoms with Crippen molar-refractivity contribution in [1.82, 2.24) is 4.90 Å². The first-order valence-corrected chi connectivity index (χ1v) is 9.39. The normalized spacial score (nSPS) is 23.6. The summed E-state index contributed by atoms with van der Waals surface area (Å²) >= 11 is 0. The number of likely N-dealkylation sites (tertiary alicyclic amines) is 1. The second-order valence-corrected chi connectivity index (χ2v) is 7.61. The molecular formula is C20H29N3O2. The van der Waals surface area contributed by atoms with Crippen LogP contribution in [-0.2, 0) is 16.0 Å². The molecule has 0 radical (unpaired) electrons. The van der Waals surface area contributed by atoms with E-state index < -0.39 is 0 Å². The molecule has 2 saturated heterocycles. The molecule has 1 aromatic rings. The Morgan fingerprint density at radius 1 is 1.20 bits per heavy atom. The van der Waals surface area contributed by atoms with Gasteiger partial charge in [-0.25, -0.2) is 0 Å². The van der Waals surface area contributed by atoms with Crippen LogP contribution in [0, 0.1) is 17.8 Å². The molecular weight excluding hydrogens is 314 g/mol. The molecule has 2 aliphatic heterocycles. The highest BCUT2D eigenvalue weighted by Gasteiger charge is 2.42. The molecule has 5 nitrogen and oxygen atoms in total. The molecule has 2 N–H and O–H groups in total. The van der Waals surface area contributed by atoms with Gasteiger partial charge in [0.15, 0.2) is 0 Å². The smallest absolute Gasteiger partial charge is 0.225 e. The van der Waals surface area contributed by atoms with Crippen molar-refractivity contribution in [1.29, 1.82) is 0 Å². The van der Waals surface area contributed by atoms with E-state index in [1.54, 1.807) is 0 Å². The van der Waals surface area contributed by atoms with E-state index in [1.165, 1.54) is 5.69 Å². The number of anilines is 1. The first-order chi connectivity index (χ1) is 12.0. The minimum absolute atomic E-state index is 0.136. The van der Waals surface area contributed by atoms with Crippen LogP contribution in [0.15, 0.2) is 24.3 Å². The van der Waals surface area contributed by atoms with E-state index >= 15 is 0 Å². The Kier molecular flexibility index (Phi) is 5.30. The summed E-state index contributed by atoms with van der Waals surface area (Å²) in [6.07, 6.45) is 2.00. The summed E-state index contributed by atoms with van der Waals surface area (Å²) in [5.41, 5.74) is 7.62. The highest BCUT2D eigenvalue weighted by molar-refractivity contribution is 5.78. The van der Waals surface area contributed by atoms with Crippen LogP contribution in [0.2, 0.25) is 0 Å². The topological polar surface area (TPSA) is 66.6 Å². The third-order valence-electron chi connectivity index (χ3n) is 5.77. The molecule has 2 heterocycles. The van der Waals surface area contributed by atoms with Gasteiger partial charge in [0.05, 0.1) is 0 Å². The van der Waals surface area contributed by atoms with Gasteiger partial charge in [0, 0.05) is 56.0 Å². The maximum Gasteiger partial charge on any atom is 0.225 e. The van der Waals surface area contributed by atoms with Gasteiger partial charge in [-0.15, -0.1) is 0 Å². The van der Waals surface area contributed by atoms with Crippen LogP contribution in [0.3, 0.4) is 0 Å². The number of carbonyl (C=O) groups is 2. The van der Waals surface area contributed by atoms with Crippen LogP contribution < -0.4 is 10.6 Å². The third kappa shape index (κ3) is 3.97. The molecule has 136 valence electrons. The van der Waals surface area contributed by atoms with E-state index in [-0.39, 0.29) is 11.8 Å². The molecule has 25 heavy (non-hydrogen) atoms. The minimum Gasteiger partial charge on any atom is -0.371 e. The van der Waals surface area contributed by atoms with E-state index in [4.69, 9.17) is 5.73 Å². The molecule has 0 spiro atoms. The molecule has 3 atom stereocenters. The van der Waals surface area contributed by atoms with Gasteiger partial charge in [0.2, 0.25) is 11.8 Å². The van der Waals surface area contributed by atoms with Gasteiger partial charge in [-0.2, -0.15) is 0 Å². The van der Waals surface area contributed by atoms with Crippen molar-refractivity contribution in [2.45, 2.75) is 33.1 Å². The fourth-order valence-electron chi connectivity index (χ4n) is 4.05. The van der Waals surface area contributed by atoms with Gasteiger partial charge in [-0.05, 0) is 30.5 Å². The Labute approximate surface area is 150 Å². The number of benzene rings is 1. The van der Waals surface area contributed by atoms with E-state index in [2.05, 4.69) is 41.0 Å². The van der Waals surface area contributed by atoms with Gasteiger partial charge in [0.25, 0.3) is 0 Å². The number of amides is 2. The van der Waals surface area contributed by atoms with Crippen molar-refractivity contribution in [2.24, 2.45) is 23.5 Å². The number of carbonyl (C=O) groups excluding carboxylic acids is 2. The summed E-state index contributed by atoms with van der Waals surface area (Å²) in [5.74, 6) is 1.34. The largest absolute Gasteiger partial charge is 0.371 e. The number of hydrogen-bond acceptors (Lipinski definition) is 3. The molecule has 0 aromatic heterocycles. The number of nitrogens with zero attached hydrogens (tertiary/aromatic N) is 2. The van der Waals surface area contributed by atoms with Crippen molar-refractivity contribution < 1.29 is 9.59 Å². The summed E-state index contributed by atoms with van der Waals surface area (Å²) in [7, 11) is 0. The molecule has 0 aliphatic carbocycles. The van der Waals surface area contributed by atoms with Gasteiger partial charge in [0.1, 0.15) is 0 Å². The van der Waals surface area contributed by atoms with Gasteiger partial charge in [-0.1, -0.05) is 26.0 Å². The lowest BCUT2D eigenvalue weighted by molar-refractivity contribution is -0.134. The van der Waals surface area contributed by atoms with Crippen molar-refractivity contribution in [3.05, 3.63) is 29.8 Å². The standard InChI is InChI=1S/C20H29N3O2/c1-3-14(2)20(25)23-12-16-10-22(11-17(16)13-23)18-6-4-5-15(9-18)7-8-19(21)24/h4-6,9,14,16-17H,3,7-8,10-13H2,1-2H3,(H2,21,24). The van der Waals surface area contributed by atoms with Crippen LogP contribution >= 0.6 is 0 Å². The minimum atomic E-state index is -0.257. The molecule has 0 bridgehead atoms. The van der Waals surface area contributed by atoms with Crippen LogP contribution in [0.4, 0.5) is 5.69 Å². The van der Waals surface area contributed by atoms with Gasteiger partial charge in [-0.3, -0.25) is 9.59 Å². The Morgan fingerprint density at radius 2 is 1.88 bits per heavy atom. The molecule has 3 unspecified atom stereocenters. The first-order valence-electron chi connectivity index (χ1n) is 9.39. The zero-order valence-electron chi connectivity index (χ0n) is 15.3. The van der Waals surface area contributed by atoms with Crippen LogP contribution in [0.5, 0.6) is 0 Å². The lowest BCUT2D eigenvalue weighted by Gasteiger charge is -2.25. The van der Waals surface area contributed by atoms with Crippen molar-refractivity contribution in [2.75, 3.05) is 31.1 Å². The van der Waals surface area contributed by atoms with E-state index in [0.717, 1.165) is 38.2 Å². The molecule has 1 aromatic carbocycles. The number of nitrogens with two attached hydrogens (primary N) is 1. The molecule has 0 saturated carbocycles. The Morgan fingerprint density at radius 3 is 2.48 bits per heavy atom. The second kappa shape index (κ2) is 7.46. The zero-order chi connectivity index (χ0) is 18.0.